The van der Waals surface area contributed by atoms with E-state index >= 15 is 0 Å². The molecule has 6 nitrogen and oxygen atoms in total. The van der Waals surface area contributed by atoms with Crippen LogP contribution in [0.5, 0.6) is 0 Å². The lowest BCUT2D eigenvalue weighted by atomic mass is 10.2. The van der Waals surface area contributed by atoms with Crippen molar-refractivity contribution in [2.24, 2.45) is 10.2 Å². The minimum Gasteiger partial charge on any atom is -1.00 e. The molecule has 2 aromatic heterocycles. The topological polar surface area (TPSA) is 57.6 Å². The lowest BCUT2D eigenvalue weighted by molar-refractivity contribution is -0.694. The molecule has 31 heavy (non-hydrogen) atoms. The zero-order valence-corrected chi connectivity index (χ0v) is 19.6. The van der Waals surface area contributed by atoms with E-state index in [0.29, 0.717) is 5.13 Å². The van der Waals surface area contributed by atoms with Crippen LogP contribution >= 0.6 is 11.3 Å². The summed E-state index contributed by atoms with van der Waals surface area (Å²) in [6, 6.07) is 24.2. The maximum absolute atomic E-state index is 4.31. The van der Waals surface area contributed by atoms with Gasteiger partial charge in [-0.05, 0) is 31.2 Å². The van der Waals surface area contributed by atoms with Gasteiger partial charge in [0.1, 0.15) is 5.01 Å². The van der Waals surface area contributed by atoms with Crippen molar-refractivity contribution >= 4 is 27.8 Å². The quantitative estimate of drug-likeness (QED) is 0.279. The zero-order valence-electron chi connectivity index (χ0n) is 17.2. The van der Waals surface area contributed by atoms with E-state index in [4.69, 9.17) is 0 Å². The second-order valence-electron chi connectivity index (χ2n) is 6.67. The maximum Gasteiger partial charge on any atom is 0.252 e. The Morgan fingerprint density at radius 2 is 1.58 bits per heavy atom. The highest BCUT2D eigenvalue weighted by molar-refractivity contribution is 7.18. The number of hydrogen-bond acceptors (Lipinski definition) is 6. The standard InChI is InChI=1S/C23H23N6S.BrH/c1-2-29(18-17-28-15-7-4-8-16-28)21-13-11-20(12-14-21)24-26-23-27-25-22(30-23)19-9-5-3-6-10-19;/h3-16H,2,17-18H2,1H3;1H/q+1;/p-1. The first-order chi connectivity index (χ1) is 14.8. The van der Waals surface area contributed by atoms with E-state index in [1.807, 2.05) is 48.5 Å². The Morgan fingerprint density at radius 3 is 2.29 bits per heavy atom. The first-order valence-electron chi connectivity index (χ1n) is 9.91. The number of anilines is 1. The zero-order chi connectivity index (χ0) is 20.6. The number of pyridine rings is 1. The van der Waals surface area contributed by atoms with Crippen molar-refractivity contribution in [2.75, 3.05) is 18.0 Å². The summed E-state index contributed by atoms with van der Waals surface area (Å²) < 4.78 is 2.19. The highest BCUT2D eigenvalue weighted by atomic mass is 79.9. The average Bonchev–Trinajstić information content (AvgIpc) is 3.29. The van der Waals surface area contributed by atoms with Gasteiger partial charge in [-0.3, -0.25) is 0 Å². The molecule has 0 saturated heterocycles. The van der Waals surface area contributed by atoms with E-state index in [-0.39, 0.29) is 17.0 Å². The summed E-state index contributed by atoms with van der Waals surface area (Å²) in [5.74, 6) is 0. The van der Waals surface area contributed by atoms with Crippen LogP contribution in [0.25, 0.3) is 10.6 Å². The number of rotatable bonds is 8. The third-order valence-corrected chi connectivity index (χ3v) is 5.54. The van der Waals surface area contributed by atoms with E-state index < -0.39 is 0 Å². The van der Waals surface area contributed by atoms with Gasteiger partial charge in [0.25, 0.3) is 5.13 Å². The number of likely N-dealkylation sites (N-methyl/N-ethyl adjacent to an activating group) is 1. The lowest BCUT2D eigenvalue weighted by Crippen LogP contribution is -3.00. The van der Waals surface area contributed by atoms with Gasteiger partial charge in [-0.25, -0.2) is 4.57 Å². The van der Waals surface area contributed by atoms with Gasteiger partial charge in [-0.1, -0.05) is 47.7 Å². The first-order valence-corrected chi connectivity index (χ1v) is 10.7. The Hall–Kier alpha value is -2.97. The van der Waals surface area contributed by atoms with Crippen molar-refractivity contribution < 1.29 is 21.5 Å². The molecule has 2 aromatic carbocycles. The average molecular weight is 495 g/mol. The largest absolute Gasteiger partial charge is 1.00 e. The maximum atomic E-state index is 4.31. The third-order valence-electron chi connectivity index (χ3n) is 4.69. The molecule has 4 aromatic rings. The van der Waals surface area contributed by atoms with Crippen molar-refractivity contribution in [1.29, 1.82) is 0 Å². The van der Waals surface area contributed by atoms with Gasteiger partial charge in [0.05, 0.1) is 12.2 Å². The van der Waals surface area contributed by atoms with Crippen LogP contribution in [-0.2, 0) is 6.54 Å². The van der Waals surface area contributed by atoms with Crippen molar-refractivity contribution in [3.63, 3.8) is 0 Å². The molecule has 0 unspecified atom stereocenters. The van der Waals surface area contributed by atoms with Crippen LogP contribution < -0.4 is 26.4 Å². The van der Waals surface area contributed by atoms with E-state index in [1.54, 1.807) is 0 Å². The molecule has 0 aliphatic heterocycles. The SMILES string of the molecule is CCN(CC[n+]1ccccc1)c1ccc(N=Nc2nnc(-c3ccccc3)s2)cc1.[Br-]. The molecule has 8 heteroatoms. The minimum absolute atomic E-state index is 0. The predicted molar refractivity (Wildman–Crippen MR) is 120 cm³/mol. The molecule has 4 rings (SSSR count). The van der Waals surface area contributed by atoms with E-state index in [0.717, 1.165) is 35.9 Å². The highest BCUT2D eigenvalue weighted by Gasteiger charge is 2.08. The summed E-state index contributed by atoms with van der Waals surface area (Å²) in [5, 5.41) is 18.3. The number of azo groups is 1. The van der Waals surface area contributed by atoms with Crippen molar-refractivity contribution in [3.05, 3.63) is 85.2 Å². The van der Waals surface area contributed by atoms with E-state index in [2.05, 4.69) is 73.5 Å². The summed E-state index contributed by atoms with van der Waals surface area (Å²) in [6.45, 7) is 5.00. The monoisotopic (exact) mass is 494 g/mol. The Bertz CT molecular complexity index is 1080. The molecule has 0 radical (unpaired) electrons. The second-order valence-corrected chi connectivity index (χ2v) is 7.62. The fourth-order valence-electron chi connectivity index (χ4n) is 3.07. The van der Waals surface area contributed by atoms with E-state index in [1.165, 1.54) is 17.0 Å². The number of nitrogens with zero attached hydrogens (tertiary/aromatic N) is 6. The van der Waals surface area contributed by atoms with Crippen LogP contribution in [0.4, 0.5) is 16.5 Å². The summed E-state index contributed by atoms with van der Waals surface area (Å²) in [7, 11) is 0. The van der Waals surface area contributed by atoms with Gasteiger partial charge in [-0.15, -0.1) is 20.4 Å². The van der Waals surface area contributed by atoms with Gasteiger partial charge in [0, 0.05) is 29.9 Å². The van der Waals surface area contributed by atoms with Crippen LogP contribution in [0.1, 0.15) is 6.92 Å². The van der Waals surface area contributed by atoms with E-state index in [9.17, 15) is 0 Å². The number of hydrogen-bond donors (Lipinski definition) is 0. The van der Waals surface area contributed by atoms with Crippen LogP contribution in [0, 0.1) is 0 Å². The van der Waals surface area contributed by atoms with Crippen LogP contribution in [-0.4, -0.2) is 23.3 Å². The summed E-state index contributed by atoms with van der Waals surface area (Å²) in [4.78, 5) is 2.35. The molecule has 0 N–H and O–H groups in total. The Kier molecular flexibility index (Phi) is 8.37. The molecule has 0 bridgehead atoms. The molecular weight excluding hydrogens is 472 g/mol. The Labute approximate surface area is 196 Å². The molecule has 0 spiro atoms. The number of benzene rings is 2. The van der Waals surface area contributed by atoms with Crippen molar-refractivity contribution in [1.82, 2.24) is 10.2 Å². The first kappa shape index (κ1) is 22.7. The molecule has 0 fully saturated rings. The van der Waals surface area contributed by atoms with Gasteiger partial charge in [-0.2, -0.15) is 0 Å². The van der Waals surface area contributed by atoms with Crippen LogP contribution in [0.3, 0.4) is 0 Å². The molecule has 0 atom stereocenters. The second kappa shape index (κ2) is 11.4. The summed E-state index contributed by atoms with van der Waals surface area (Å²) >= 11 is 1.43. The number of halogens is 1. The van der Waals surface area contributed by atoms with Crippen LogP contribution in [0.2, 0.25) is 0 Å². The Morgan fingerprint density at radius 1 is 0.871 bits per heavy atom. The third kappa shape index (κ3) is 6.26. The molecule has 158 valence electrons. The van der Waals surface area contributed by atoms with Gasteiger partial charge in [0.2, 0.25) is 0 Å². The molecule has 0 aliphatic carbocycles. The van der Waals surface area contributed by atoms with Gasteiger partial charge >= 0.3 is 0 Å². The fraction of sp³-hybridized carbons (Fsp3) is 0.174. The van der Waals surface area contributed by atoms with Gasteiger partial charge < -0.3 is 21.9 Å². The molecular formula is C23H23BrN6S. The minimum atomic E-state index is 0. The number of aromatic nitrogens is 3. The smallest absolute Gasteiger partial charge is 0.252 e. The van der Waals surface area contributed by atoms with Crippen LogP contribution in [0.15, 0.2) is 95.4 Å². The molecule has 0 amide bonds. The lowest BCUT2D eigenvalue weighted by Gasteiger charge is -2.21. The predicted octanol–water partition coefficient (Wildman–Crippen LogP) is 2.44. The molecule has 0 saturated carbocycles. The van der Waals surface area contributed by atoms with Gasteiger partial charge in [0.15, 0.2) is 18.9 Å². The normalized spacial score (nSPS) is 10.7. The molecule has 2 heterocycles. The summed E-state index contributed by atoms with van der Waals surface area (Å²) in [5.41, 5.74) is 3.01. The Balaban J connectivity index is 0.00000272. The summed E-state index contributed by atoms with van der Waals surface area (Å²) in [6.07, 6.45) is 4.18. The fourth-order valence-corrected chi connectivity index (χ4v) is 3.75. The van der Waals surface area contributed by atoms with Crippen molar-refractivity contribution in [3.8, 4) is 10.6 Å². The highest BCUT2D eigenvalue weighted by Crippen LogP contribution is 2.29. The molecule has 0 aliphatic rings. The van der Waals surface area contributed by atoms with Crippen molar-refractivity contribution in [2.45, 2.75) is 13.5 Å².